The van der Waals surface area contributed by atoms with Crippen LogP contribution in [0.25, 0.3) is 0 Å². The van der Waals surface area contributed by atoms with E-state index in [4.69, 9.17) is 5.73 Å². The molecular formula is C13H14N2OS. The number of hydrogen-bond acceptors (Lipinski definition) is 3. The molecule has 0 aliphatic heterocycles. The summed E-state index contributed by atoms with van der Waals surface area (Å²) in [7, 11) is 0. The van der Waals surface area contributed by atoms with Gasteiger partial charge in [0.15, 0.2) is 0 Å². The molecule has 0 aliphatic rings. The molecule has 1 heterocycles. The highest BCUT2D eigenvalue weighted by Gasteiger charge is 2.11. The van der Waals surface area contributed by atoms with Crippen LogP contribution in [0, 0.1) is 0 Å². The Balaban J connectivity index is 2.07. The van der Waals surface area contributed by atoms with Crippen molar-refractivity contribution >= 4 is 22.9 Å². The Hall–Kier alpha value is -1.81. The number of benzene rings is 1. The zero-order chi connectivity index (χ0) is 12.3. The first-order chi connectivity index (χ1) is 8.16. The van der Waals surface area contributed by atoms with Gasteiger partial charge in [-0.25, -0.2) is 0 Å². The Morgan fingerprint density at radius 2 is 2.18 bits per heavy atom. The summed E-state index contributed by atoms with van der Waals surface area (Å²) in [4.78, 5) is 13.1. The van der Waals surface area contributed by atoms with Crippen LogP contribution in [0.5, 0.6) is 0 Å². The van der Waals surface area contributed by atoms with Gasteiger partial charge in [0.2, 0.25) is 0 Å². The lowest BCUT2D eigenvalue weighted by molar-refractivity contribution is 0.0940. The molecule has 1 aromatic heterocycles. The van der Waals surface area contributed by atoms with E-state index < -0.39 is 0 Å². The van der Waals surface area contributed by atoms with E-state index in [1.54, 1.807) is 35.6 Å². The van der Waals surface area contributed by atoms with Gasteiger partial charge in [0.1, 0.15) is 0 Å². The lowest BCUT2D eigenvalue weighted by atomic mass is 10.1. The maximum atomic E-state index is 11.9. The number of carbonyl (C=O) groups excluding carboxylic acids is 1. The number of carbonyl (C=O) groups is 1. The van der Waals surface area contributed by atoms with Crippen LogP contribution in [0.4, 0.5) is 5.69 Å². The molecule has 0 saturated heterocycles. The average molecular weight is 246 g/mol. The van der Waals surface area contributed by atoms with E-state index in [-0.39, 0.29) is 11.9 Å². The Kier molecular flexibility index (Phi) is 3.44. The first-order valence-electron chi connectivity index (χ1n) is 5.36. The second kappa shape index (κ2) is 5.01. The summed E-state index contributed by atoms with van der Waals surface area (Å²) in [6, 6.07) is 11.0. The molecule has 0 bridgehead atoms. The predicted octanol–water partition coefficient (Wildman–Crippen LogP) is 2.82. The normalized spacial score (nSPS) is 12.1. The molecular weight excluding hydrogens is 232 g/mol. The minimum absolute atomic E-state index is 0.0175. The zero-order valence-corrected chi connectivity index (χ0v) is 10.3. The Morgan fingerprint density at radius 3 is 2.82 bits per heavy atom. The van der Waals surface area contributed by atoms with Crippen LogP contribution in [-0.4, -0.2) is 5.91 Å². The highest BCUT2D eigenvalue weighted by Crippen LogP contribution is 2.18. The fraction of sp³-hybridized carbons (Fsp3) is 0.154. The zero-order valence-electron chi connectivity index (χ0n) is 9.51. The summed E-state index contributed by atoms with van der Waals surface area (Å²) in [5, 5.41) is 4.94. The largest absolute Gasteiger partial charge is 0.399 e. The number of nitrogen functional groups attached to an aromatic ring is 1. The summed E-state index contributed by atoms with van der Waals surface area (Å²) in [6.45, 7) is 1.97. The summed E-state index contributed by atoms with van der Waals surface area (Å²) in [5.74, 6) is -0.0989. The number of amides is 1. The van der Waals surface area contributed by atoms with Crippen LogP contribution in [-0.2, 0) is 0 Å². The number of nitrogens with one attached hydrogen (secondary N) is 1. The van der Waals surface area contributed by atoms with Crippen molar-refractivity contribution in [2.45, 2.75) is 13.0 Å². The summed E-state index contributed by atoms with van der Waals surface area (Å²) in [6.07, 6.45) is 0. The van der Waals surface area contributed by atoms with Crippen LogP contribution in [0.2, 0.25) is 0 Å². The monoisotopic (exact) mass is 246 g/mol. The van der Waals surface area contributed by atoms with Crippen molar-refractivity contribution in [2.24, 2.45) is 0 Å². The van der Waals surface area contributed by atoms with Gasteiger partial charge in [0.25, 0.3) is 5.91 Å². The molecule has 3 N–H and O–H groups in total. The molecule has 0 saturated carbocycles. The van der Waals surface area contributed by atoms with Crippen molar-refractivity contribution in [2.75, 3.05) is 5.73 Å². The molecule has 2 rings (SSSR count). The van der Waals surface area contributed by atoms with E-state index >= 15 is 0 Å². The standard InChI is InChI=1S/C13H14N2OS/c1-9(12-6-3-7-17-12)15-13(16)10-4-2-5-11(14)8-10/h2-9H,14H2,1H3,(H,15,16)/t9-/m1/s1. The lowest BCUT2D eigenvalue weighted by Crippen LogP contribution is -2.26. The number of hydrogen-bond donors (Lipinski definition) is 2. The molecule has 88 valence electrons. The Bertz CT molecular complexity index is 508. The van der Waals surface area contributed by atoms with E-state index in [0.29, 0.717) is 11.3 Å². The van der Waals surface area contributed by atoms with E-state index in [1.165, 1.54) is 0 Å². The highest BCUT2D eigenvalue weighted by atomic mass is 32.1. The third-order valence-corrected chi connectivity index (χ3v) is 3.52. The van der Waals surface area contributed by atoms with Crippen LogP contribution in [0.15, 0.2) is 41.8 Å². The molecule has 0 aliphatic carbocycles. The summed E-state index contributed by atoms with van der Waals surface area (Å²) in [5.41, 5.74) is 6.83. The maximum Gasteiger partial charge on any atom is 0.251 e. The van der Waals surface area contributed by atoms with Gasteiger partial charge >= 0.3 is 0 Å². The predicted molar refractivity (Wildman–Crippen MR) is 71.1 cm³/mol. The van der Waals surface area contributed by atoms with Gasteiger partial charge in [0, 0.05) is 16.1 Å². The van der Waals surface area contributed by atoms with Gasteiger partial charge in [0.05, 0.1) is 6.04 Å². The molecule has 1 amide bonds. The Labute approximate surface area is 104 Å². The van der Waals surface area contributed by atoms with E-state index in [0.717, 1.165) is 4.88 Å². The second-order valence-corrected chi connectivity index (χ2v) is 4.82. The smallest absolute Gasteiger partial charge is 0.251 e. The fourth-order valence-electron chi connectivity index (χ4n) is 1.57. The third-order valence-electron chi connectivity index (χ3n) is 2.47. The molecule has 2 aromatic rings. The third kappa shape index (κ3) is 2.85. The van der Waals surface area contributed by atoms with E-state index in [1.807, 2.05) is 24.4 Å². The van der Waals surface area contributed by atoms with Crippen molar-refractivity contribution < 1.29 is 4.79 Å². The minimum Gasteiger partial charge on any atom is -0.399 e. The highest BCUT2D eigenvalue weighted by molar-refractivity contribution is 7.10. The van der Waals surface area contributed by atoms with Crippen LogP contribution >= 0.6 is 11.3 Å². The van der Waals surface area contributed by atoms with Gasteiger partial charge in [-0.1, -0.05) is 12.1 Å². The molecule has 0 radical (unpaired) electrons. The number of rotatable bonds is 3. The lowest BCUT2D eigenvalue weighted by Gasteiger charge is -2.12. The van der Waals surface area contributed by atoms with Crippen molar-refractivity contribution in [3.8, 4) is 0 Å². The molecule has 0 unspecified atom stereocenters. The second-order valence-electron chi connectivity index (χ2n) is 3.84. The van der Waals surface area contributed by atoms with Crippen molar-refractivity contribution in [1.29, 1.82) is 0 Å². The van der Waals surface area contributed by atoms with Gasteiger partial charge in [-0.2, -0.15) is 0 Å². The molecule has 1 aromatic carbocycles. The first kappa shape index (κ1) is 11.7. The number of nitrogens with two attached hydrogens (primary N) is 1. The van der Waals surface area contributed by atoms with Crippen LogP contribution < -0.4 is 11.1 Å². The summed E-state index contributed by atoms with van der Waals surface area (Å²) >= 11 is 1.63. The van der Waals surface area contributed by atoms with Gasteiger partial charge < -0.3 is 11.1 Å². The average Bonchev–Trinajstić information content (AvgIpc) is 2.82. The first-order valence-corrected chi connectivity index (χ1v) is 6.24. The Morgan fingerprint density at radius 1 is 1.35 bits per heavy atom. The van der Waals surface area contributed by atoms with Crippen molar-refractivity contribution in [3.05, 3.63) is 52.2 Å². The van der Waals surface area contributed by atoms with Crippen molar-refractivity contribution in [1.82, 2.24) is 5.32 Å². The van der Waals surface area contributed by atoms with Gasteiger partial charge in [-0.3, -0.25) is 4.79 Å². The summed E-state index contributed by atoms with van der Waals surface area (Å²) < 4.78 is 0. The molecule has 3 nitrogen and oxygen atoms in total. The maximum absolute atomic E-state index is 11.9. The topological polar surface area (TPSA) is 55.1 Å². The number of thiophene rings is 1. The van der Waals surface area contributed by atoms with E-state index in [9.17, 15) is 4.79 Å². The van der Waals surface area contributed by atoms with Crippen LogP contribution in [0.1, 0.15) is 28.2 Å². The van der Waals surface area contributed by atoms with Gasteiger partial charge in [-0.05, 0) is 36.6 Å². The fourth-order valence-corrected chi connectivity index (χ4v) is 2.30. The molecule has 0 spiro atoms. The minimum atomic E-state index is -0.0989. The van der Waals surface area contributed by atoms with Crippen molar-refractivity contribution in [3.63, 3.8) is 0 Å². The quantitative estimate of drug-likeness (QED) is 0.818. The molecule has 0 fully saturated rings. The SMILES string of the molecule is C[C@@H](NC(=O)c1cccc(N)c1)c1cccs1. The number of anilines is 1. The molecule has 4 heteroatoms. The van der Waals surface area contributed by atoms with Gasteiger partial charge in [-0.15, -0.1) is 11.3 Å². The molecule has 17 heavy (non-hydrogen) atoms. The van der Waals surface area contributed by atoms with E-state index in [2.05, 4.69) is 5.32 Å². The molecule has 1 atom stereocenters. The van der Waals surface area contributed by atoms with Crippen LogP contribution in [0.3, 0.4) is 0 Å².